The van der Waals surface area contributed by atoms with E-state index in [0.29, 0.717) is 25.9 Å². The fourth-order valence-electron chi connectivity index (χ4n) is 3.15. The minimum Gasteiger partial charge on any atom is -0.324 e. The van der Waals surface area contributed by atoms with Crippen LogP contribution in [0.2, 0.25) is 0 Å². The molecule has 2 amide bonds. The number of aromatic nitrogens is 2. The van der Waals surface area contributed by atoms with Crippen LogP contribution in [-0.4, -0.2) is 66.1 Å². The molecule has 0 saturated carbocycles. The van der Waals surface area contributed by atoms with Gasteiger partial charge in [-0.2, -0.15) is 0 Å². The van der Waals surface area contributed by atoms with Crippen LogP contribution in [0.3, 0.4) is 0 Å². The van der Waals surface area contributed by atoms with Gasteiger partial charge in [0.2, 0.25) is 10.0 Å². The highest BCUT2D eigenvalue weighted by molar-refractivity contribution is 7.88. The quantitative estimate of drug-likeness (QED) is 0.811. The van der Waals surface area contributed by atoms with Gasteiger partial charge in [-0.15, -0.1) is 0 Å². The van der Waals surface area contributed by atoms with Crippen molar-refractivity contribution in [2.75, 3.05) is 31.7 Å². The molecule has 0 atom stereocenters. The number of nitrogens with one attached hydrogen (secondary N) is 1. The van der Waals surface area contributed by atoms with Crippen molar-refractivity contribution in [1.82, 2.24) is 19.2 Å². The number of anilines is 1. The first-order chi connectivity index (χ1) is 13.6. The zero-order valence-corrected chi connectivity index (χ0v) is 16.8. The van der Waals surface area contributed by atoms with E-state index in [2.05, 4.69) is 15.3 Å². The summed E-state index contributed by atoms with van der Waals surface area (Å²) < 4.78 is 51.7. The number of benzene rings is 1. The van der Waals surface area contributed by atoms with Crippen molar-refractivity contribution in [2.45, 2.75) is 18.9 Å². The zero-order valence-electron chi connectivity index (χ0n) is 16.0. The predicted octanol–water partition coefficient (Wildman–Crippen LogP) is 2.31. The first-order valence-corrected chi connectivity index (χ1v) is 10.8. The van der Waals surface area contributed by atoms with E-state index in [4.69, 9.17) is 0 Å². The Labute approximate surface area is 167 Å². The van der Waals surface area contributed by atoms with Crippen molar-refractivity contribution in [2.24, 2.45) is 0 Å². The second kappa shape index (κ2) is 8.37. The van der Waals surface area contributed by atoms with Gasteiger partial charge in [-0.25, -0.2) is 31.3 Å². The van der Waals surface area contributed by atoms with Crippen molar-refractivity contribution in [3.05, 3.63) is 42.2 Å². The number of piperidine rings is 1. The van der Waals surface area contributed by atoms with Crippen LogP contribution in [0.5, 0.6) is 0 Å². The van der Waals surface area contributed by atoms with Crippen LogP contribution in [0.25, 0.3) is 11.3 Å². The summed E-state index contributed by atoms with van der Waals surface area (Å²) in [5.41, 5.74) is 0.117. The van der Waals surface area contributed by atoms with Gasteiger partial charge >= 0.3 is 6.03 Å². The fraction of sp³-hybridized carbons (Fsp3) is 0.389. The Balaban J connectivity index is 1.61. The summed E-state index contributed by atoms with van der Waals surface area (Å²) in [4.78, 5) is 22.0. The molecule has 2 aromatic rings. The standard InChI is InChI=1S/C18H21F2N5O3S/c1-24(13-5-7-25(8-6-13)29(2,27)28)18(26)23-17-11-21-16(10-22-17)14-9-12(19)3-4-15(14)20/h3-4,9-11,13H,5-8H2,1-2H3,(H,22,23,26). The average Bonchev–Trinajstić information content (AvgIpc) is 2.69. The molecular weight excluding hydrogens is 404 g/mol. The predicted molar refractivity (Wildman–Crippen MR) is 104 cm³/mol. The Bertz CT molecular complexity index is 993. The molecular formula is C18H21F2N5O3S. The lowest BCUT2D eigenvalue weighted by molar-refractivity contribution is 0.174. The third-order valence-corrected chi connectivity index (χ3v) is 6.15. The normalized spacial score (nSPS) is 15.9. The highest BCUT2D eigenvalue weighted by atomic mass is 32.2. The molecule has 29 heavy (non-hydrogen) atoms. The minimum atomic E-state index is -3.23. The van der Waals surface area contributed by atoms with Crippen LogP contribution in [0, 0.1) is 11.6 Å². The van der Waals surface area contributed by atoms with Gasteiger partial charge in [0.15, 0.2) is 5.82 Å². The molecule has 1 N–H and O–H groups in total. The van der Waals surface area contributed by atoms with E-state index >= 15 is 0 Å². The van der Waals surface area contributed by atoms with E-state index in [-0.39, 0.29) is 23.1 Å². The lowest BCUT2D eigenvalue weighted by Gasteiger charge is -2.35. The van der Waals surface area contributed by atoms with Gasteiger partial charge in [0.25, 0.3) is 0 Å². The lowest BCUT2D eigenvalue weighted by atomic mass is 10.1. The summed E-state index contributed by atoms with van der Waals surface area (Å²) in [5.74, 6) is -1.06. The van der Waals surface area contributed by atoms with Gasteiger partial charge in [0.05, 0.1) is 24.3 Å². The molecule has 1 saturated heterocycles. The molecule has 3 rings (SSSR count). The monoisotopic (exact) mass is 425 g/mol. The molecule has 1 fully saturated rings. The maximum absolute atomic E-state index is 13.8. The van der Waals surface area contributed by atoms with Gasteiger partial charge < -0.3 is 4.90 Å². The Morgan fingerprint density at radius 1 is 1.21 bits per heavy atom. The summed E-state index contributed by atoms with van der Waals surface area (Å²) >= 11 is 0. The second-order valence-electron chi connectivity index (χ2n) is 6.85. The van der Waals surface area contributed by atoms with Crippen molar-refractivity contribution in [1.29, 1.82) is 0 Å². The first-order valence-electron chi connectivity index (χ1n) is 8.91. The molecule has 1 aliphatic heterocycles. The van der Waals surface area contributed by atoms with E-state index < -0.39 is 27.7 Å². The average molecular weight is 425 g/mol. The van der Waals surface area contributed by atoms with E-state index in [1.54, 1.807) is 7.05 Å². The van der Waals surface area contributed by atoms with E-state index in [9.17, 15) is 22.0 Å². The van der Waals surface area contributed by atoms with Gasteiger partial charge in [-0.05, 0) is 31.0 Å². The van der Waals surface area contributed by atoms with Crippen LogP contribution < -0.4 is 5.32 Å². The van der Waals surface area contributed by atoms with E-state index in [0.717, 1.165) is 18.2 Å². The van der Waals surface area contributed by atoms with E-state index in [1.165, 1.54) is 27.9 Å². The number of carbonyl (C=O) groups is 1. The van der Waals surface area contributed by atoms with Crippen molar-refractivity contribution in [3.63, 3.8) is 0 Å². The molecule has 2 heterocycles. The SMILES string of the molecule is CN(C(=O)Nc1cnc(-c2cc(F)ccc2F)cn1)C1CCN(S(C)(=O)=O)CC1. The summed E-state index contributed by atoms with van der Waals surface area (Å²) in [5, 5.41) is 2.60. The number of nitrogens with zero attached hydrogens (tertiary/aromatic N) is 4. The maximum Gasteiger partial charge on any atom is 0.323 e. The molecule has 0 spiro atoms. The molecule has 0 unspecified atom stereocenters. The molecule has 0 radical (unpaired) electrons. The highest BCUT2D eigenvalue weighted by Gasteiger charge is 2.29. The fourth-order valence-corrected chi connectivity index (χ4v) is 4.02. The molecule has 0 aliphatic carbocycles. The van der Waals surface area contributed by atoms with Crippen LogP contribution in [0.15, 0.2) is 30.6 Å². The molecule has 1 aromatic carbocycles. The van der Waals surface area contributed by atoms with Gasteiger partial charge in [-0.3, -0.25) is 10.3 Å². The first kappa shape index (κ1) is 21.1. The van der Waals surface area contributed by atoms with Crippen molar-refractivity contribution in [3.8, 4) is 11.3 Å². The van der Waals surface area contributed by atoms with Crippen LogP contribution in [0.4, 0.5) is 19.4 Å². The molecule has 11 heteroatoms. The minimum absolute atomic E-state index is 0.0230. The number of hydrogen-bond donors (Lipinski definition) is 1. The Kier molecular flexibility index (Phi) is 6.08. The smallest absolute Gasteiger partial charge is 0.323 e. The van der Waals surface area contributed by atoms with Crippen molar-refractivity contribution >= 4 is 21.9 Å². The molecule has 8 nitrogen and oxygen atoms in total. The highest BCUT2D eigenvalue weighted by Crippen LogP contribution is 2.22. The van der Waals surface area contributed by atoms with Crippen LogP contribution >= 0.6 is 0 Å². The number of halogens is 2. The van der Waals surface area contributed by atoms with Crippen molar-refractivity contribution < 1.29 is 22.0 Å². The van der Waals surface area contributed by atoms with Gasteiger partial charge in [-0.1, -0.05) is 0 Å². The molecule has 0 bridgehead atoms. The summed E-state index contributed by atoms with van der Waals surface area (Å²) in [7, 11) is -1.61. The summed E-state index contributed by atoms with van der Waals surface area (Å²) in [6.07, 6.45) is 4.73. The Hall–Kier alpha value is -2.66. The third-order valence-electron chi connectivity index (χ3n) is 4.85. The topological polar surface area (TPSA) is 95.5 Å². The molecule has 1 aromatic heterocycles. The number of amides is 2. The van der Waals surface area contributed by atoms with E-state index in [1.807, 2.05) is 0 Å². The zero-order chi connectivity index (χ0) is 21.2. The van der Waals surface area contributed by atoms with Gasteiger partial charge in [0.1, 0.15) is 11.6 Å². The van der Waals surface area contributed by atoms with Crippen LogP contribution in [-0.2, 0) is 10.0 Å². The number of rotatable bonds is 4. The number of sulfonamides is 1. The second-order valence-corrected chi connectivity index (χ2v) is 8.83. The third kappa shape index (κ3) is 5.04. The van der Waals surface area contributed by atoms with Gasteiger partial charge in [0, 0.05) is 31.7 Å². The lowest BCUT2D eigenvalue weighted by Crippen LogP contribution is -2.48. The molecule has 156 valence electrons. The van der Waals surface area contributed by atoms with Crippen LogP contribution in [0.1, 0.15) is 12.8 Å². The summed E-state index contributed by atoms with van der Waals surface area (Å²) in [6, 6.07) is 2.51. The number of carbonyl (C=O) groups excluding carboxylic acids is 1. The Morgan fingerprint density at radius 3 is 2.48 bits per heavy atom. The maximum atomic E-state index is 13.8. The molecule has 1 aliphatic rings. The number of urea groups is 1. The Morgan fingerprint density at radius 2 is 1.90 bits per heavy atom. The summed E-state index contributed by atoms with van der Waals surface area (Å²) in [6.45, 7) is 0.712. The number of hydrogen-bond acceptors (Lipinski definition) is 5. The largest absolute Gasteiger partial charge is 0.324 e.